The van der Waals surface area contributed by atoms with Crippen LogP contribution in [0.5, 0.6) is 0 Å². The summed E-state index contributed by atoms with van der Waals surface area (Å²) in [4.78, 5) is 0. The van der Waals surface area contributed by atoms with Crippen molar-refractivity contribution in [3.05, 3.63) is 30.3 Å². The maximum absolute atomic E-state index is 12.1. The summed E-state index contributed by atoms with van der Waals surface area (Å²) in [6, 6.07) is 3.05. The lowest BCUT2D eigenvalue weighted by molar-refractivity contribution is 0.198. The Balaban J connectivity index is 1.98. The van der Waals surface area contributed by atoms with Crippen LogP contribution in [0.15, 0.2) is 34.0 Å². The van der Waals surface area contributed by atoms with Gasteiger partial charge in [-0.05, 0) is 12.1 Å². The van der Waals surface area contributed by atoms with Crippen molar-refractivity contribution >= 4 is 15.7 Å². The molecule has 0 radical (unpaired) electrons. The van der Waals surface area contributed by atoms with Gasteiger partial charge in [0.1, 0.15) is 5.76 Å². The average Bonchev–Trinajstić information content (AvgIpc) is 3.04. The Labute approximate surface area is 123 Å². The minimum atomic E-state index is -3.74. The highest BCUT2D eigenvalue weighted by molar-refractivity contribution is 7.92. The SMILES string of the molecule is COCCNCc1ccc(S(=O)(=O)Nc2cnn(C)c2)o1. The first-order valence-corrected chi connectivity index (χ1v) is 7.79. The lowest BCUT2D eigenvalue weighted by Crippen LogP contribution is -2.18. The summed E-state index contributed by atoms with van der Waals surface area (Å²) in [7, 11) is -0.420. The fourth-order valence-electron chi connectivity index (χ4n) is 1.66. The Hall–Kier alpha value is -1.84. The molecule has 0 aliphatic heterocycles. The summed E-state index contributed by atoms with van der Waals surface area (Å²) in [6.07, 6.45) is 2.99. The first-order valence-electron chi connectivity index (χ1n) is 6.31. The summed E-state index contributed by atoms with van der Waals surface area (Å²) in [5, 5.41) is 6.84. The second kappa shape index (κ2) is 6.74. The molecule has 2 aromatic heterocycles. The monoisotopic (exact) mass is 314 g/mol. The third-order valence-corrected chi connectivity index (χ3v) is 3.89. The standard InChI is InChI=1S/C12H18N4O4S/c1-16-9-10(7-14-16)15-21(17,18)12-4-3-11(20-12)8-13-5-6-19-2/h3-4,7,9,13,15H,5-6,8H2,1-2H3. The van der Waals surface area contributed by atoms with Gasteiger partial charge >= 0.3 is 0 Å². The van der Waals surface area contributed by atoms with Gasteiger partial charge in [-0.2, -0.15) is 13.5 Å². The molecule has 0 aromatic carbocycles. The van der Waals surface area contributed by atoms with E-state index < -0.39 is 10.0 Å². The van der Waals surface area contributed by atoms with E-state index >= 15 is 0 Å². The highest BCUT2D eigenvalue weighted by atomic mass is 32.2. The quantitative estimate of drug-likeness (QED) is 0.691. The molecule has 0 saturated carbocycles. The number of methoxy groups -OCH3 is 1. The highest BCUT2D eigenvalue weighted by Crippen LogP contribution is 2.17. The Bertz CT molecular complexity index is 677. The molecule has 0 atom stereocenters. The zero-order valence-electron chi connectivity index (χ0n) is 11.9. The van der Waals surface area contributed by atoms with Gasteiger partial charge in [-0.15, -0.1) is 0 Å². The van der Waals surface area contributed by atoms with Crippen molar-refractivity contribution in [2.24, 2.45) is 7.05 Å². The maximum atomic E-state index is 12.1. The van der Waals surface area contributed by atoms with E-state index in [0.717, 1.165) is 0 Å². The molecule has 0 aliphatic carbocycles. The molecule has 2 aromatic rings. The van der Waals surface area contributed by atoms with E-state index in [4.69, 9.17) is 9.15 Å². The Morgan fingerprint density at radius 3 is 2.90 bits per heavy atom. The second-order valence-corrected chi connectivity index (χ2v) is 6.01. The van der Waals surface area contributed by atoms with Crippen molar-refractivity contribution in [1.29, 1.82) is 0 Å². The van der Waals surface area contributed by atoms with E-state index in [2.05, 4.69) is 15.1 Å². The predicted molar refractivity (Wildman–Crippen MR) is 76.3 cm³/mol. The summed E-state index contributed by atoms with van der Waals surface area (Å²) in [6.45, 7) is 1.67. The number of hydrogen-bond donors (Lipinski definition) is 2. The van der Waals surface area contributed by atoms with Crippen LogP contribution >= 0.6 is 0 Å². The lowest BCUT2D eigenvalue weighted by Gasteiger charge is -2.03. The Morgan fingerprint density at radius 1 is 1.43 bits per heavy atom. The van der Waals surface area contributed by atoms with Gasteiger partial charge in [0.15, 0.2) is 0 Å². The van der Waals surface area contributed by atoms with Crippen LogP contribution in [0.3, 0.4) is 0 Å². The van der Waals surface area contributed by atoms with Crippen LogP contribution in [-0.4, -0.2) is 38.5 Å². The largest absolute Gasteiger partial charge is 0.446 e. The van der Waals surface area contributed by atoms with Crippen LogP contribution in [0.1, 0.15) is 5.76 Å². The van der Waals surface area contributed by atoms with Crippen LogP contribution in [0.25, 0.3) is 0 Å². The van der Waals surface area contributed by atoms with Gasteiger partial charge in [-0.3, -0.25) is 9.40 Å². The maximum Gasteiger partial charge on any atom is 0.295 e. The molecule has 0 spiro atoms. The van der Waals surface area contributed by atoms with Crippen molar-refractivity contribution in [1.82, 2.24) is 15.1 Å². The van der Waals surface area contributed by atoms with Crippen molar-refractivity contribution in [2.45, 2.75) is 11.6 Å². The molecule has 0 amide bonds. The van der Waals surface area contributed by atoms with Gasteiger partial charge in [-0.1, -0.05) is 0 Å². The van der Waals surface area contributed by atoms with Crippen LogP contribution in [0.4, 0.5) is 5.69 Å². The smallest absolute Gasteiger partial charge is 0.295 e. The van der Waals surface area contributed by atoms with Crippen molar-refractivity contribution < 1.29 is 17.6 Å². The topological polar surface area (TPSA) is 98.4 Å². The molecule has 21 heavy (non-hydrogen) atoms. The molecular formula is C12H18N4O4S. The van der Waals surface area contributed by atoms with E-state index in [1.807, 2.05) is 0 Å². The molecule has 2 N–H and O–H groups in total. The number of nitrogens with one attached hydrogen (secondary N) is 2. The second-order valence-electron chi connectivity index (χ2n) is 4.40. The number of hydrogen-bond acceptors (Lipinski definition) is 6. The van der Waals surface area contributed by atoms with Gasteiger partial charge in [0, 0.05) is 26.9 Å². The lowest BCUT2D eigenvalue weighted by atomic mass is 10.4. The molecule has 2 heterocycles. The Kier molecular flexibility index (Phi) is 4.99. The molecule has 0 aliphatic rings. The number of furan rings is 1. The summed E-state index contributed by atoms with van der Waals surface area (Å²) in [5.74, 6) is 0.540. The molecule has 0 bridgehead atoms. The molecule has 9 heteroatoms. The zero-order valence-corrected chi connectivity index (χ0v) is 12.7. The van der Waals surface area contributed by atoms with Gasteiger partial charge in [0.2, 0.25) is 5.09 Å². The Morgan fingerprint density at radius 2 is 2.24 bits per heavy atom. The molecular weight excluding hydrogens is 296 g/mol. The highest BCUT2D eigenvalue weighted by Gasteiger charge is 2.19. The van der Waals surface area contributed by atoms with E-state index in [9.17, 15) is 8.42 Å². The van der Waals surface area contributed by atoms with E-state index in [1.54, 1.807) is 26.4 Å². The van der Waals surface area contributed by atoms with Crippen molar-refractivity contribution in [3.8, 4) is 0 Å². The number of nitrogens with zero attached hydrogens (tertiary/aromatic N) is 2. The number of anilines is 1. The van der Waals surface area contributed by atoms with Gasteiger partial charge < -0.3 is 14.5 Å². The molecule has 0 saturated heterocycles. The van der Waals surface area contributed by atoms with E-state index in [0.29, 0.717) is 31.1 Å². The normalized spacial score (nSPS) is 11.7. The molecule has 116 valence electrons. The van der Waals surface area contributed by atoms with Gasteiger partial charge in [-0.25, -0.2) is 0 Å². The van der Waals surface area contributed by atoms with Crippen LogP contribution in [0, 0.1) is 0 Å². The molecule has 0 fully saturated rings. The number of aryl methyl sites for hydroxylation is 1. The number of sulfonamides is 1. The minimum Gasteiger partial charge on any atom is -0.446 e. The number of aromatic nitrogens is 2. The first kappa shape index (κ1) is 15.5. The third kappa shape index (κ3) is 4.31. The fraction of sp³-hybridized carbons (Fsp3) is 0.417. The van der Waals surface area contributed by atoms with E-state index in [-0.39, 0.29) is 5.09 Å². The summed E-state index contributed by atoms with van der Waals surface area (Å²) >= 11 is 0. The fourth-order valence-corrected chi connectivity index (χ4v) is 2.64. The first-order chi connectivity index (χ1) is 10.0. The molecule has 0 unspecified atom stereocenters. The number of ether oxygens (including phenoxy) is 1. The van der Waals surface area contributed by atoms with Crippen LogP contribution in [0.2, 0.25) is 0 Å². The van der Waals surface area contributed by atoms with Crippen LogP contribution in [-0.2, 0) is 28.4 Å². The van der Waals surface area contributed by atoms with Crippen molar-refractivity contribution in [2.75, 3.05) is 25.0 Å². The van der Waals surface area contributed by atoms with Gasteiger partial charge in [0.25, 0.3) is 10.0 Å². The minimum absolute atomic E-state index is 0.130. The molecule has 2 rings (SSSR count). The zero-order chi connectivity index (χ0) is 15.3. The van der Waals surface area contributed by atoms with Gasteiger partial charge in [0.05, 0.1) is 25.0 Å². The summed E-state index contributed by atoms with van der Waals surface area (Å²) < 4.78 is 38.4. The third-order valence-electron chi connectivity index (χ3n) is 2.64. The number of rotatable bonds is 8. The summed E-state index contributed by atoms with van der Waals surface area (Å²) in [5.41, 5.74) is 0.383. The average molecular weight is 314 g/mol. The van der Waals surface area contributed by atoms with Crippen molar-refractivity contribution in [3.63, 3.8) is 0 Å². The predicted octanol–water partition coefficient (Wildman–Crippen LogP) is 0.550. The molecule has 8 nitrogen and oxygen atoms in total. The van der Waals surface area contributed by atoms with Crippen LogP contribution < -0.4 is 10.0 Å². The van der Waals surface area contributed by atoms with E-state index in [1.165, 1.54) is 16.9 Å².